The number of nitrogens with one attached hydrogen (secondary N) is 1. The molecule has 0 unspecified atom stereocenters. The summed E-state index contributed by atoms with van der Waals surface area (Å²) < 4.78 is 13.8. The van der Waals surface area contributed by atoms with E-state index in [1.807, 2.05) is 26.0 Å². The van der Waals surface area contributed by atoms with Crippen LogP contribution in [-0.4, -0.2) is 34.6 Å². The third kappa shape index (κ3) is 7.33. The van der Waals surface area contributed by atoms with Gasteiger partial charge in [-0.15, -0.1) is 11.8 Å². The Morgan fingerprint density at radius 2 is 1.90 bits per heavy atom. The van der Waals surface area contributed by atoms with Gasteiger partial charge in [0.25, 0.3) is 0 Å². The molecular weight excluding hydrogens is 423 g/mol. The van der Waals surface area contributed by atoms with Crippen LogP contribution in [0.2, 0.25) is 5.02 Å². The molecule has 0 saturated carbocycles. The zero-order valence-corrected chi connectivity index (χ0v) is 19.1. The van der Waals surface area contributed by atoms with Crippen molar-refractivity contribution in [3.05, 3.63) is 70.5 Å². The topological polar surface area (TPSA) is 49.4 Å². The molecule has 1 N–H and O–H groups in total. The summed E-state index contributed by atoms with van der Waals surface area (Å²) in [6.45, 7) is 5.91. The van der Waals surface area contributed by atoms with E-state index in [-0.39, 0.29) is 36.0 Å². The molecule has 162 valence electrons. The SMILES string of the molecule is CC[C@@H](C)NC(=O)[C@H](C)N(Cc1cccc(Cl)c1)C(=O)CSCc1ccccc1F. The Morgan fingerprint density at radius 3 is 2.57 bits per heavy atom. The smallest absolute Gasteiger partial charge is 0.242 e. The van der Waals surface area contributed by atoms with Crippen LogP contribution >= 0.6 is 23.4 Å². The highest BCUT2D eigenvalue weighted by molar-refractivity contribution is 7.99. The van der Waals surface area contributed by atoms with Crippen molar-refractivity contribution < 1.29 is 14.0 Å². The molecule has 2 atom stereocenters. The van der Waals surface area contributed by atoms with Crippen molar-refractivity contribution in [1.29, 1.82) is 0 Å². The van der Waals surface area contributed by atoms with Crippen molar-refractivity contribution in [2.75, 3.05) is 5.75 Å². The third-order valence-corrected chi connectivity index (χ3v) is 6.05. The van der Waals surface area contributed by atoms with E-state index in [2.05, 4.69) is 5.32 Å². The molecule has 0 fully saturated rings. The van der Waals surface area contributed by atoms with Gasteiger partial charge in [0.15, 0.2) is 0 Å². The van der Waals surface area contributed by atoms with E-state index in [4.69, 9.17) is 11.6 Å². The molecular formula is C23H28ClFN2O2S. The largest absolute Gasteiger partial charge is 0.352 e. The number of thioether (sulfide) groups is 1. The molecule has 0 bridgehead atoms. The van der Waals surface area contributed by atoms with E-state index in [1.54, 1.807) is 42.2 Å². The van der Waals surface area contributed by atoms with Gasteiger partial charge in [0.1, 0.15) is 11.9 Å². The van der Waals surface area contributed by atoms with Gasteiger partial charge >= 0.3 is 0 Å². The van der Waals surface area contributed by atoms with E-state index >= 15 is 0 Å². The number of benzene rings is 2. The highest BCUT2D eigenvalue weighted by atomic mass is 35.5. The van der Waals surface area contributed by atoms with Crippen molar-refractivity contribution >= 4 is 35.2 Å². The lowest BCUT2D eigenvalue weighted by atomic mass is 10.1. The average Bonchev–Trinajstić information content (AvgIpc) is 2.72. The van der Waals surface area contributed by atoms with Crippen molar-refractivity contribution in [2.45, 2.75) is 51.6 Å². The number of carbonyl (C=O) groups excluding carboxylic acids is 2. The van der Waals surface area contributed by atoms with E-state index in [1.165, 1.54) is 17.8 Å². The van der Waals surface area contributed by atoms with Gasteiger partial charge in [-0.05, 0) is 49.6 Å². The fourth-order valence-corrected chi connectivity index (χ4v) is 3.94. The second-order valence-corrected chi connectivity index (χ2v) is 8.65. The summed E-state index contributed by atoms with van der Waals surface area (Å²) in [7, 11) is 0. The molecule has 4 nitrogen and oxygen atoms in total. The van der Waals surface area contributed by atoms with Gasteiger partial charge in [0.2, 0.25) is 11.8 Å². The number of hydrogen-bond acceptors (Lipinski definition) is 3. The van der Waals surface area contributed by atoms with E-state index in [0.29, 0.717) is 16.3 Å². The molecule has 0 aliphatic carbocycles. The Balaban J connectivity index is 2.09. The van der Waals surface area contributed by atoms with Gasteiger partial charge < -0.3 is 10.2 Å². The highest BCUT2D eigenvalue weighted by Gasteiger charge is 2.26. The number of nitrogens with zero attached hydrogens (tertiary/aromatic N) is 1. The average molecular weight is 451 g/mol. The van der Waals surface area contributed by atoms with Crippen LogP contribution < -0.4 is 5.32 Å². The van der Waals surface area contributed by atoms with Crippen LogP contribution in [0.4, 0.5) is 4.39 Å². The first-order valence-corrected chi connectivity index (χ1v) is 11.5. The molecule has 0 aliphatic rings. The van der Waals surface area contributed by atoms with E-state index in [0.717, 1.165) is 12.0 Å². The Labute approximate surface area is 187 Å². The maximum absolute atomic E-state index is 13.8. The number of hydrogen-bond donors (Lipinski definition) is 1. The summed E-state index contributed by atoms with van der Waals surface area (Å²) in [6.07, 6.45) is 0.805. The Morgan fingerprint density at radius 1 is 1.17 bits per heavy atom. The quantitative estimate of drug-likeness (QED) is 0.551. The minimum Gasteiger partial charge on any atom is -0.352 e. The second kappa shape index (κ2) is 12.0. The second-order valence-electron chi connectivity index (χ2n) is 7.23. The lowest BCUT2D eigenvalue weighted by molar-refractivity contribution is -0.138. The molecule has 2 amide bonds. The number of rotatable bonds is 10. The van der Waals surface area contributed by atoms with Gasteiger partial charge in [-0.2, -0.15) is 0 Å². The third-order valence-electron chi connectivity index (χ3n) is 4.85. The normalized spacial score (nSPS) is 12.8. The maximum atomic E-state index is 13.8. The Bertz CT molecular complexity index is 865. The zero-order valence-electron chi connectivity index (χ0n) is 17.5. The van der Waals surface area contributed by atoms with Crippen molar-refractivity contribution in [1.82, 2.24) is 10.2 Å². The van der Waals surface area contributed by atoms with Crippen LogP contribution in [0.25, 0.3) is 0 Å². The molecule has 2 rings (SSSR count). The molecule has 0 aromatic heterocycles. The first-order valence-electron chi connectivity index (χ1n) is 9.97. The van der Waals surface area contributed by atoms with Gasteiger partial charge in [-0.3, -0.25) is 9.59 Å². The summed E-state index contributed by atoms with van der Waals surface area (Å²) in [5.41, 5.74) is 1.40. The van der Waals surface area contributed by atoms with Gasteiger partial charge in [-0.1, -0.05) is 48.9 Å². The monoisotopic (exact) mass is 450 g/mol. The molecule has 0 spiro atoms. The van der Waals surface area contributed by atoms with E-state index in [9.17, 15) is 14.0 Å². The highest BCUT2D eigenvalue weighted by Crippen LogP contribution is 2.19. The number of carbonyl (C=O) groups is 2. The molecule has 2 aromatic carbocycles. The van der Waals surface area contributed by atoms with E-state index < -0.39 is 6.04 Å². The lowest BCUT2D eigenvalue weighted by Gasteiger charge is -2.29. The standard InChI is InChI=1S/C23H28ClFN2O2S/c1-4-16(2)26-23(29)17(3)27(13-18-8-7-10-20(24)12-18)22(28)15-30-14-19-9-5-6-11-21(19)25/h5-12,16-17H,4,13-15H2,1-3H3,(H,26,29)/t16-,17+/m1/s1. The van der Waals surface area contributed by atoms with Crippen LogP contribution in [0.5, 0.6) is 0 Å². The van der Waals surface area contributed by atoms with Crippen molar-refractivity contribution in [3.8, 4) is 0 Å². The number of halogens is 2. The molecule has 0 heterocycles. The van der Waals surface area contributed by atoms with Gasteiger partial charge in [-0.25, -0.2) is 4.39 Å². The first kappa shape index (κ1) is 24.2. The summed E-state index contributed by atoms with van der Waals surface area (Å²) in [4.78, 5) is 27.2. The van der Waals surface area contributed by atoms with Crippen LogP contribution in [-0.2, 0) is 21.9 Å². The molecule has 0 saturated heterocycles. The molecule has 0 radical (unpaired) electrons. The summed E-state index contributed by atoms with van der Waals surface area (Å²) in [5.74, 6) is -0.122. The minimum atomic E-state index is -0.639. The van der Waals surface area contributed by atoms with Crippen molar-refractivity contribution in [3.63, 3.8) is 0 Å². The Kier molecular flexibility index (Phi) is 9.66. The van der Waals surface area contributed by atoms with Crippen molar-refractivity contribution in [2.24, 2.45) is 0 Å². The van der Waals surface area contributed by atoms with Crippen LogP contribution in [0.3, 0.4) is 0 Å². The summed E-state index contributed by atoms with van der Waals surface area (Å²) in [6, 6.07) is 13.1. The molecule has 2 aromatic rings. The molecule has 0 aliphatic heterocycles. The summed E-state index contributed by atoms with van der Waals surface area (Å²) >= 11 is 7.41. The fraction of sp³-hybridized carbons (Fsp3) is 0.391. The van der Waals surface area contributed by atoms with Gasteiger partial charge in [0.05, 0.1) is 5.75 Å². The number of amides is 2. The minimum absolute atomic E-state index is 0.0264. The van der Waals surface area contributed by atoms with Crippen LogP contribution in [0.15, 0.2) is 48.5 Å². The summed E-state index contributed by atoms with van der Waals surface area (Å²) in [5, 5.41) is 3.51. The molecule has 7 heteroatoms. The maximum Gasteiger partial charge on any atom is 0.242 e. The first-order chi connectivity index (χ1) is 14.3. The van der Waals surface area contributed by atoms with Crippen LogP contribution in [0.1, 0.15) is 38.3 Å². The van der Waals surface area contributed by atoms with Crippen LogP contribution in [0, 0.1) is 5.82 Å². The molecule has 30 heavy (non-hydrogen) atoms. The fourth-order valence-electron chi connectivity index (χ4n) is 2.83. The van der Waals surface area contributed by atoms with Gasteiger partial charge in [0, 0.05) is 23.4 Å². The lowest BCUT2D eigenvalue weighted by Crippen LogP contribution is -2.50. The Hall–Kier alpha value is -2.05. The predicted octanol–water partition coefficient (Wildman–Crippen LogP) is 5.04. The predicted molar refractivity (Wildman–Crippen MR) is 122 cm³/mol. The zero-order chi connectivity index (χ0) is 22.1.